The van der Waals surface area contributed by atoms with Crippen molar-refractivity contribution >= 4 is 5.69 Å². The van der Waals surface area contributed by atoms with Crippen molar-refractivity contribution in [2.45, 2.75) is 20.0 Å². The maximum absolute atomic E-state index is 10.9. The van der Waals surface area contributed by atoms with Crippen LogP contribution >= 0.6 is 0 Å². The van der Waals surface area contributed by atoms with Gasteiger partial charge in [0.05, 0.1) is 19.1 Å². The molecular formula is C18H22N2O4. The molecule has 0 spiro atoms. The summed E-state index contributed by atoms with van der Waals surface area (Å²) in [5.74, 6) is 1.39. The molecule has 0 aliphatic rings. The second-order valence-corrected chi connectivity index (χ2v) is 5.42. The minimum Gasteiger partial charge on any atom is -0.493 e. The smallest absolute Gasteiger partial charge is 0.269 e. The zero-order valence-corrected chi connectivity index (χ0v) is 14.2. The van der Waals surface area contributed by atoms with Gasteiger partial charge in [0, 0.05) is 25.2 Å². The van der Waals surface area contributed by atoms with Gasteiger partial charge in [0.2, 0.25) is 0 Å². The van der Waals surface area contributed by atoms with Gasteiger partial charge in [-0.25, -0.2) is 0 Å². The lowest BCUT2D eigenvalue weighted by molar-refractivity contribution is -0.384. The molecule has 0 fully saturated rings. The number of hydrogen-bond acceptors (Lipinski definition) is 5. The van der Waals surface area contributed by atoms with Crippen LogP contribution in [0.5, 0.6) is 11.5 Å². The molecule has 128 valence electrons. The highest BCUT2D eigenvalue weighted by molar-refractivity contribution is 5.43. The largest absolute Gasteiger partial charge is 0.493 e. The zero-order valence-electron chi connectivity index (χ0n) is 14.2. The van der Waals surface area contributed by atoms with E-state index >= 15 is 0 Å². The van der Waals surface area contributed by atoms with E-state index in [2.05, 4.69) is 11.8 Å². The SMILES string of the molecule is CCN(Cc1cccc([N+](=O)[O-])c1)Cc1ccc(OC)c(OC)c1. The molecule has 0 aromatic heterocycles. The van der Waals surface area contributed by atoms with Crippen LogP contribution in [0.1, 0.15) is 18.1 Å². The van der Waals surface area contributed by atoms with Gasteiger partial charge in [-0.15, -0.1) is 0 Å². The molecule has 6 heteroatoms. The average molecular weight is 330 g/mol. The summed E-state index contributed by atoms with van der Waals surface area (Å²) in [6, 6.07) is 12.6. The summed E-state index contributed by atoms with van der Waals surface area (Å²) in [4.78, 5) is 12.7. The quantitative estimate of drug-likeness (QED) is 0.546. The first-order valence-corrected chi connectivity index (χ1v) is 7.74. The molecule has 0 N–H and O–H groups in total. The third-order valence-electron chi connectivity index (χ3n) is 3.83. The Balaban J connectivity index is 2.12. The van der Waals surface area contributed by atoms with E-state index in [-0.39, 0.29) is 10.6 Å². The van der Waals surface area contributed by atoms with Gasteiger partial charge in [-0.05, 0) is 29.8 Å². The summed E-state index contributed by atoms with van der Waals surface area (Å²) >= 11 is 0. The molecule has 0 atom stereocenters. The standard InChI is InChI=1S/C18H22N2O4/c1-4-19(12-14-6-5-7-16(10-14)20(21)22)13-15-8-9-17(23-2)18(11-15)24-3/h5-11H,4,12-13H2,1-3H3. The van der Waals surface area contributed by atoms with Crippen LogP contribution in [0.15, 0.2) is 42.5 Å². The molecule has 6 nitrogen and oxygen atoms in total. The summed E-state index contributed by atoms with van der Waals surface area (Å²) in [7, 11) is 3.22. The highest BCUT2D eigenvalue weighted by Crippen LogP contribution is 2.28. The number of rotatable bonds is 8. The van der Waals surface area contributed by atoms with Crippen molar-refractivity contribution in [3.63, 3.8) is 0 Å². The molecule has 0 aliphatic heterocycles. The van der Waals surface area contributed by atoms with Crippen molar-refractivity contribution in [3.8, 4) is 11.5 Å². The van der Waals surface area contributed by atoms with Crippen LogP contribution in [0.4, 0.5) is 5.69 Å². The van der Waals surface area contributed by atoms with E-state index < -0.39 is 0 Å². The van der Waals surface area contributed by atoms with Gasteiger partial charge in [-0.3, -0.25) is 15.0 Å². The number of non-ortho nitro benzene ring substituents is 1. The Morgan fingerprint density at radius 1 is 1.00 bits per heavy atom. The average Bonchev–Trinajstić information content (AvgIpc) is 2.61. The van der Waals surface area contributed by atoms with Gasteiger partial charge < -0.3 is 9.47 Å². The lowest BCUT2D eigenvalue weighted by Gasteiger charge is -2.21. The Kier molecular flexibility index (Phi) is 6.14. The number of ether oxygens (including phenoxy) is 2. The van der Waals surface area contributed by atoms with Crippen LogP contribution in [-0.2, 0) is 13.1 Å². The van der Waals surface area contributed by atoms with Crippen LogP contribution in [0.25, 0.3) is 0 Å². The minimum absolute atomic E-state index is 0.120. The molecule has 0 saturated heterocycles. The highest BCUT2D eigenvalue weighted by atomic mass is 16.6. The fourth-order valence-electron chi connectivity index (χ4n) is 2.54. The molecule has 0 amide bonds. The van der Waals surface area contributed by atoms with Crippen LogP contribution in [0.2, 0.25) is 0 Å². The Morgan fingerprint density at radius 3 is 2.25 bits per heavy atom. The molecule has 0 unspecified atom stereocenters. The molecular weight excluding hydrogens is 308 g/mol. The second-order valence-electron chi connectivity index (χ2n) is 5.42. The predicted octanol–water partition coefficient (Wildman–Crippen LogP) is 3.63. The van der Waals surface area contributed by atoms with Crippen LogP contribution in [0, 0.1) is 10.1 Å². The molecule has 0 heterocycles. The normalized spacial score (nSPS) is 10.7. The summed E-state index contributed by atoms with van der Waals surface area (Å²) in [5.41, 5.74) is 2.14. The monoisotopic (exact) mass is 330 g/mol. The fraction of sp³-hybridized carbons (Fsp3) is 0.333. The number of nitrogens with zero attached hydrogens (tertiary/aromatic N) is 2. The van der Waals surface area contributed by atoms with Crippen molar-refractivity contribution in [1.29, 1.82) is 0 Å². The van der Waals surface area contributed by atoms with Crippen molar-refractivity contribution in [2.24, 2.45) is 0 Å². The van der Waals surface area contributed by atoms with Crippen LogP contribution in [-0.4, -0.2) is 30.6 Å². The summed E-state index contributed by atoms with van der Waals surface area (Å²) < 4.78 is 10.6. The molecule has 2 aromatic carbocycles. The number of benzene rings is 2. The van der Waals surface area contributed by atoms with Gasteiger partial charge in [0.1, 0.15) is 0 Å². The zero-order chi connectivity index (χ0) is 17.5. The maximum atomic E-state index is 10.9. The molecule has 2 aromatic rings. The van der Waals surface area contributed by atoms with Gasteiger partial charge in [0.15, 0.2) is 11.5 Å². The molecule has 0 saturated carbocycles. The van der Waals surface area contributed by atoms with E-state index in [1.807, 2.05) is 24.3 Å². The molecule has 24 heavy (non-hydrogen) atoms. The van der Waals surface area contributed by atoms with E-state index in [1.165, 1.54) is 6.07 Å². The minimum atomic E-state index is -0.367. The van der Waals surface area contributed by atoms with Gasteiger partial charge >= 0.3 is 0 Å². The predicted molar refractivity (Wildman–Crippen MR) is 92.4 cm³/mol. The van der Waals surface area contributed by atoms with Crippen LogP contribution in [0.3, 0.4) is 0 Å². The number of hydrogen-bond donors (Lipinski definition) is 0. The van der Waals surface area contributed by atoms with Crippen molar-refractivity contribution in [2.75, 3.05) is 20.8 Å². The highest BCUT2D eigenvalue weighted by Gasteiger charge is 2.11. The molecule has 0 aliphatic carbocycles. The fourth-order valence-corrected chi connectivity index (χ4v) is 2.54. The van der Waals surface area contributed by atoms with E-state index in [1.54, 1.807) is 26.4 Å². The first kappa shape index (κ1) is 17.7. The van der Waals surface area contributed by atoms with Gasteiger partial charge in [-0.2, -0.15) is 0 Å². The Morgan fingerprint density at radius 2 is 1.67 bits per heavy atom. The van der Waals surface area contributed by atoms with E-state index in [4.69, 9.17) is 9.47 Å². The molecule has 0 bridgehead atoms. The Labute approximate surface area is 141 Å². The number of nitro groups is 1. The third kappa shape index (κ3) is 4.45. The summed E-state index contributed by atoms with van der Waals surface area (Å²) in [6.07, 6.45) is 0. The van der Waals surface area contributed by atoms with Crippen molar-refractivity contribution in [1.82, 2.24) is 4.90 Å². The van der Waals surface area contributed by atoms with Crippen molar-refractivity contribution < 1.29 is 14.4 Å². The summed E-state index contributed by atoms with van der Waals surface area (Å²) in [5, 5.41) is 10.9. The van der Waals surface area contributed by atoms with Gasteiger partial charge in [-0.1, -0.05) is 25.1 Å². The van der Waals surface area contributed by atoms with Crippen molar-refractivity contribution in [3.05, 3.63) is 63.7 Å². The van der Waals surface area contributed by atoms with Gasteiger partial charge in [0.25, 0.3) is 5.69 Å². The van der Waals surface area contributed by atoms with E-state index in [9.17, 15) is 10.1 Å². The second kappa shape index (κ2) is 8.31. The lowest BCUT2D eigenvalue weighted by Crippen LogP contribution is -2.22. The first-order chi connectivity index (χ1) is 11.6. The number of methoxy groups -OCH3 is 2. The maximum Gasteiger partial charge on any atom is 0.269 e. The van der Waals surface area contributed by atoms with E-state index in [0.717, 1.165) is 24.2 Å². The lowest BCUT2D eigenvalue weighted by atomic mass is 10.1. The molecule has 0 radical (unpaired) electrons. The third-order valence-corrected chi connectivity index (χ3v) is 3.83. The van der Waals surface area contributed by atoms with E-state index in [0.29, 0.717) is 18.0 Å². The topological polar surface area (TPSA) is 64.8 Å². The Hall–Kier alpha value is -2.60. The molecule has 2 rings (SSSR count). The first-order valence-electron chi connectivity index (χ1n) is 7.74. The van der Waals surface area contributed by atoms with Crippen LogP contribution < -0.4 is 9.47 Å². The number of nitro benzene ring substituents is 1. The summed E-state index contributed by atoms with van der Waals surface area (Å²) in [6.45, 7) is 4.27. The Bertz CT molecular complexity index is 703.